The highest BCUT2D eigenvalue weighted by Gasteiger charge is 1.98. The maximum atomic E-state index is 9.08. The number of nitrogens with two attached hydrogens (primary N) is 1. The molecule has 80 valence electrons. The van der Waals surface area contributed by atoms with E-state index in [0.29, 0.717) is 0 Å². The highest BCUT2D eigenvalue weighted by Crippen LogP contribution is 2.25. The molecule has 0 fully saturated rings. The van der Waals surface area contributed by atoms with Crippen molar-refractivity contribution in [1.82, 2.24) is 0 Å². The molecule has 4 N–H and O–H groups in total. The van der Waals surface area contributed by atoms with Crippen LogP contribution < -0.4 is 5.73 Å². The summed E-state index contributed by atoms with van der Waals surface area (Å²) in [6.07, 6.45) is 1.98. The highest BCUT2D eigenvalue weighted by molar-refractivity contribution is 5.40. The third-order valence-corrected chi connectivity index (χ3v) is 1.58. The molecule has 1 aromatic rings. The largest absolute Gasteiger partial charge is 0.504 e. The number of benzene rings is 1. The quantitative estimate of drug-likeness (QED) is 0.635. The van der Waals surface area contributed by atoms with E-state index in [1.54, 1.807) is 6.07 Å². The number of phenolic OH excluding ortho intramolecular Hbond substituents is 2. The first-order chi connectivity index (χ1) is 6.65. The average molecular weight is 197 g/mol. The van der Waals surface area contributed by atoms with Crippen LogP contribution in [0.5, 0.6) is 11.5 Å². The Morgan fingerprint density at radius 2 is 1.71 bits per heavy atom. The van der Waals surface area contributed by atoms with Crippen LogP contribution in [0.2, 0.25) is 0 Å². The first-order valence-corrected chi connectivity index (χ1v) is 4.86. The summed E-state index contributed by atoms with van der Waals surface area (Å²) in [5.41, 5.74) is 5.91. The van der Waals surface area contributed by atoms with E-state index < -0.39 is 0 Å². The van der Waals surface area contributed by atoms with Crippen LogP contribution in [-0.4, -0.2) is 16.8 Å². The van der Waals surface area contributed by atoms with Crippen LogP contribution >= 0.6 is 0 Å². The van der Waals surface area contributed by atoms with Crippen molar-refractivity contribution in [1.29, 1.82) is 0 Å². The predicted octanol–water partition coefficient (Wildman–Crippen LogP) is 2.02. The molecule has 0 radical (unpaired) electrons. The van der Waals surface area contributed by atoms with Crippen LogP contribution in [0.25, 0.3) is 0 Å². The molecule has 0 saturated heterocycles. The Balaban J connectivity index is 0.000000500. The van der Waals surface area contributed by atoms with Crippen molar-refractivity contribution in [3.8, 4) is 11.5 Å². The third kappa shape index (κ3) is 4.72. The Morgan fingerprint density at radius 1 is 1.14 bits per heavy atom. The van der Waals surface area contributed by atoms with Gasteiger partial charge in [-0.25, -0.2) is 0 Å². The second-order valence-electron chi connectivity index (χ2n) is 2.98. The summed E-state index contributed by atoms with van der Waals surface area (Å²) in [6.45, 7) is 4.73. The van der Waals surface area contributed by atoms with Crippen molar-refractivity contribution >= 4 is 0 Å². The number of hydrogen-bond acceptors (Lipinski definition) is 3. The fraction of sp³-hybridized carbons (Fsp3) is 0.455. The standard InChI is InChI=1S/C9H12O2.C2H7N/c1-2-3-7-4-5-8(10)9(11)6-7;1-2-3/h4-6,10-11H,2-3H2,1H3;2-3H2,1H3. The van der Waals surface area contributed by atoms with Gasteiger partial charge in [-0.3, -0.25) is 0 Å². The van der Waals surface area contributed by atoms with Crippen LogP contribution in [-0.2, 0) is 6.42 Å². The van der Waals surface area contributed by atoms with Gasteiger partial charge in [-0.05, 0) is 30.7 Å². The van der Waals surface area contributed by atoms with Crippen molar-refractivity contribution in [2.24, 2.45) is 5.73 Å². The number of aromatic hydroxyl groups is 2. The molecule has 0 aliphatic rings. The van der Waals surface area contributed by atoms with Gasteiger partial charge in [0.25, 0.3) is 0 Å². The molecule has 1 aromatic carbocycles. The summed E-state index contributed by atoms with van der Waals surface area (Å²) in [4.78, 5) is 0. The predicted molar refractivity (Wildman–Crippen MR) is 58.5 cm³/mol. The molecule has 0 aromatic heterocycles. The third-order valence-electron chi connectivity index (χ3n) is 1.58. The van der Waals surface area contributed by atoms with Crippen LogP contribution in [0.1, 0.15) is 25.8 Å². The summed E-state index contributed by atoms with van der Waals surface area (Å²) in [5, 5.41) is 18.0. The maximum absolute atomic E-state index is 9.08. The van der Waals surface area contributed by atoms with Crippen LogP contribution in [0.3, 0.4) is 0 Å². The first kappa shape index (κ1) is 12.8. The molecule has 3 heteroatoms. The van der Waals surface area contributed by atoms with E-state index in [1.165, 1.54) is 6.07 Å². The number of rotatable bonds is 2. The highest BCUT2D eigenvalue weighted by atomic mass is 16.3. The summed E-state index contributed by atoms with van der Waals surface area (Å²) in [5.74, 6) is -0.0826. The van der Waals surface area contributed by atoms with Crippen LogP contribution in [0.15, 0.2) is 18.2 Å². The zero-order valence-corrected chi connectivity index (χ0v) is 8.83. The SMILES string of the molecule is CCCc1ccc(O)c(O)c1.CCN. The molecule has 0 unspecified atom stereocenters. The molecule has 0 heterocycles. The fourth-order valence-corrected chi connectivity index (χ4v) is 1.01. The number of aryl methyl sites for hydroxylation is 1. The molecule has 0 aliphatic heterocycles. The van der Waals surface area contributed by atoms with Crippen LogP contribution in [0.4, 0.5) is 0 Å². The van der Waals surface area contributed by atoms with Gasteiger partial charge in [-0.15, -0.1) is 0 Å². The van der Waals surface area contributed by atoms with Crippen molar-refractivity contribution in [2.75, 3.05) is 6.54 Å². The zero-order valence-electron chi connectivity index (χ0n) is 8.83. The Hall–Kier alpha value is -1.22. The van der Waals surface area contributed by atoms with Gasteiger partial charge < -0.3 is 15.9 Å². The lowest BCUT2D eigenvalue weighted by molar-refractivity contribution is 0.403. The summed E-state index contributed by atoms with van der Waals surface area (Å²) in [7, 11) is 0. The smallest absolute Gasteiger partial charge is 0.157 e. The fourth-order valence-electron chi connectivity index (χ4n) is 1.01. The first-order valence-electron chi connectivity index (χ1n) is 4.86. The molecule has 1 rings (SSSR count). The maximum Gasteiger partial charge on any atom is 0.157 e. The molecule has 3 nitrogen and oxygen atoms in total. The van der Waals surface area contributed by atoms with Crippen molar-refractivity contribution in [2.45, 2.75) is 26.7 Å². The second kappa shape index (κ2) is 7.21. The van der Waals surface area contributed by atoms with Gasteiger partial charge in [-0.2, -0.15) is 0 Å². The Bertz CT molecular complexity index is 261. The van der Waals surface area contributed by atoms with Crippen LogP contribution in [0, 0.1) is 0 Å². The van der Waals surface area contributed by atoms with Gasteiger partial charge in [-0.1, -0.05) is 26.3 Å². The lowest BCUT2D eigenvalue weighted by Crippen LogP contribution is -1.87. The van der Waals surface area contributed by atoms with Crippen molar-refractivity contribution in [3.05, 3.63) is 23.8 Å². The summed E-state index contributed by atoms with van der Waals surface area (Å²) >= 11 is 0. The van der Waals surface area contributed by atoms with Gasteiger partial charge in [0.05, 0.1) is 0 Å². The minimum absolute atomic E-state index is 0.0315. The van der Waals surface area contributed by atoms with Gasteiger partial charge in [0, 0.05) is 0 Å². The number of hydrogen-bond donors (Lipinski definition) is 3. The monoisotopic (exact) mass is 197 g/mol. The van der Waals surface area contributed by atoms with E-state index in [0.717, 1.165) is 24.9 Å². The lowest BCUT2D eigenvalue weighted by Gasteiger charge is -2.00. The van der Waals surface area contributed by atoms with Gasteiger partial charge >= 0.3 is 0 Å². The van der Waals surface area contributed by atoms with E-state index >= 15 is 0 Å². The summed E-state index contributed by atoms with van der Waals surface area (Å²) < 4.78 is 0. The van der Waals surface area contributed by atoms with E-state index in [1.807, 2.05) is 13.0 Å². The van der Waals surface area contributed by atoms with Gasteiger partial charge in [0.2, 0.25) is 0 Å². The molecular formula is C11H19NO2. The van der Waals surface area contributed by atoms with Crippen molar-refractivity contribution in [3.63, 3.8) is 0 Å². The van der Waals surface area contributed by atoms with E-state index in [2.05, 4.69) is 6.92 Å². The van der Waals surface area contributed by atoms with E-state index in [4.69, 9.17) is 15.9 Å². The average Bonchev–Trinajstić information content (AvgIpc) is 2.13. The Kier molecular flexibility index (Phi) is 6.58. The minimum atomic E-state index is -0.0511. The molecular weight excluding hydrogens is 178 g/mol. The topological polar surface area (TPSA) is 66.5 Å². The van der Waals surface area contributed by atoms with Gasteiger partial charge in [0.1, 0.15) is 0 Å². The molecule has 0 atom stereocenters. The molecule has 14 heavy (non-hydrogen) atoms. The Morgan fingerprint density at radius 3 is 2.14 bits per heavy atom. The van der Waals surface area contributed by atoms with E-state index in [9.17, 15) is 0 Å². The van der Waals surface area contributed by atoms with E-state index in [-0.39, 0.29) is 11.5 Å². The molecule has 0 saturated carbocycles. The molecule has 0 spiro atoms. The number of phenols is 2. The second-order valence-corrected chi connectivity index (χ2v) is 2.98. The molecule has 0 aliphatic carbocycles. The molecule has 0 bridgehead atoms. The van der Waals surface area contributed by atoms with Gasteiger partial charge in [0.15, 0.2) is 11.5 Å². The zero-order chi connectivity index (χ0) is 11.0. The minimum Gasteiger partial charge on any atom is -0.504 e. The lowest BCUT2D eigenvalue weighted by atomic mass is 10.1. The summed E-state index contributed by atoms with van der Waals surface area (Å²) in [6, 6.07) is 4.93. The molecule has 0 amide bonds. The normalized spacial score (nSPS) is 9.07. The Labute approximate surface area is 85.2 Å². The van der Waals surface area contributed by atoms with Crippen molar-refractivity contribution < 1.29 is 10.2 Å².